The Bertz CT molecular complexity index is 3760. The molecule has 2 aromatic rings. The van der Waals surface area contributed by atoms with Gasteiger partial charge in [0.05, 0.1) is 67.3 Å². The number of benzene rings is 2. The number of halogens is 3. The molecular weight excluding hydrogens is 1530 g/mol. The molecule has 36 heteroatoms. The lowest BCUT2D eigenvalue weighted by Gasteiger charge is -2.30. The van der Waals surface area contributed by atoms with Gasteiger partial charge in [0, 0.05) is 150 Å². The van der Waals surface area contributed by atoms with E-state index in [-0.39, 0.29) is 132 Å². The van der Waals surface area contributed by atoms with E-state index in [4.69, 9.17) is 30.6 Å². The van der Waals surface area contributed by atoms with Crippen molar-refractivity contribution in [2.45, 2.75) is 181 Å². The maximum Gasteiger partial charge on any atom is 0.319 e. The van der Waals surface area contributed by atoms with Crippen molar-refractivity contribution in [3.05, 3.63) is 59.7 Å². The lowest BCUT2D eigenvalue weighted by molar-refractivity contribution is -0.131. The molecule has 13 rings (SSSR count). The van der Waals surface area contributed by atoms with Crippen molar-refractivity contribution in [1.29, 1.82) is 15.8 Å². The van der Waals surface area contributed by atoms with Gasteiger partial charge in [-0.15, -0.1) is 0 Å². The first-order chi connectivity index (χ1) is 53.5. The van der Waals surface area contributed by atoms with Gasteiger partial charge in [0.15, 0.2) is 0 Å². The molecule has 2 aromatic carbocycles. The zero-order valence-electron chi connectivity index (χ0n) is 69.1. The summed E-state index contributed by atoms with van der Waals surface area (Å²) >= 11 is 0. The second-order valence-corrected chi connectivity index (χ2v) is 38.4. The topological polar surface area (TPSA) is 397 Å². The van der Waals surface area contributed by atoms with Crippen LogP contribution in [-0.2, 0) is 34.6 Å². The van der Waals surface area contributed by atoms with Crippen LogP contribution in [0.4, 0.5) is 32.3 Å². The SMILES string of the molecule is CN(C)C(=O)N1C[C@@H]2CC(C)(N)C[C@@H]2C1.CN(C)C(=O)N1C[C@@H]2CC(C)(NCC(=O)N3C[C@@H](F)C[C@H]3C#N)C[C@@H]2C1.CN(C)C(=O)N1C[C@@H]2CC(C)(NCC(=O)N3C[C@@H](F)C[C@H]3C#N)C[C@@H]2C1.CN(C)C(=O)N1C[C@@H]2CC(C)(NCC(=O)N3C[C@@H](F)C[C@H]3C#N)C[C@@H]2C1.Cc1ccc(S(=O)(=O)O)cc1.Cc1ccc(S(=O)(=O)O)cc1. The van der Waals surface area contributed by atoms with Crippen molar-refractivity contribution in [2.24, 2.45) is 53.1 Å². The van der Waals surface area contributed by atoms with Crippen LogP contribution >= 0.6 is 0 Å². The molecule has 4 aliphatic carbocycles. The molecule has 115 heavy (non-hydrogen) atoms. The van der Waals surface area contributed by atoms with Gasteiger partial charge in [-0.2, -0.15) is 32.6 Å². The lowest BCUT2D eigenvalue weighted by atomic mass is 9.98. The molecule has 11 fully saturated rings. The largest absolute Gasteiger partial charge is 0.331 e. The number of hydrogen-bond donors (Lipinski definition) is 6. The Labute approximate surface area is 676 Å². The Hall–Kier alpha value is -8.15. The van der Waals surface area contributed by atoms with Crippen LogP contribution in [-0.4, -0.2) is 328 Å². The number of nitriles is 3. The fraction of sp³-hybridized carbons (Fsp3) is 0.722. The summed E-state index contributed by atoms with van der Waals surface area (Å²) in [5, 5.41) is 37.3. The zero-order chi connectivity index (χ0) is 85.4. The minimum atomic E-state index is -4.02. The van der Waals surface area contributed by atoms with Crippen LogP contribution in [0.5, 0.6) is 0 Å². The summed E-state index contributed by atoms with van der Waals surface area (Å²) in [5.41, 5.74) is 7.58. The summed E-state index contributed by atoms with van der Waals surface area (Å²) < 4.78 is 99.6. The second-order valence-electron chi connectivity index (χ2n) is 35.6. The minimum Gasteiger partial charge on any atom is -0.331 e. The maximum atomic E-state index is 13.5. The molecule has 638 valence electrons. The van der Waals surface area contributed by atoms with Gasteiger partial charge in [0.25, 0.3) is 20.2 Å². The number of alkyl halides is 3. The van der Waals surface area contributed by atoms with Crippen molar-refractivity contribution in [2.75, 3.05) is 148 Å². The third-order valence-electron chi connectivity index (χ3n) is 24.4. The number of urea groups is 4. The van der Waals surface area contributed by atoms with Gasteiger partial charge in [-0.25, -0.2) is 32.3 Å². The fourth-order valence-electron chi connectivity index (χ4n) is 18.9. The third kappa shape index (κ3) is 24.5. The second kappa shape index (κ2) is 38.1. The first-order valence-electron chi connectivity index (χ1n) is 39.5. The quantitative estimate of drug-likeness (QED) is 0.147. The first-order valence-corrected chi connectivity index (χ1v) is 42.4. The number of hydrogen-bond acceptors (Lipinski definition) is 18. The lowest BCUT2D eigenvalue weighted by Crippen LogP contribution is -2.49. The molecule has 0 spiro atoms. The Balaban J connectivity index is 0.000000178. The highest BCUT2D eigenvalue weighted by atomic mass is 32.2. The van der Waals surface area contributed by atoms with Gasteiger partial charge < -0.3 is 75.6 Å². The molecule has 11 amide bonds. The van der Waals surface area contributed by atoms with Crippen LogP contribution in [0.1, 0.15) is 109 Å². The predicted octanol–water partition coefficient (Wildman–Crippen LogP) is 5.67. The standard InChI is InChI=1S/3C18H28FN5O2.C11H21N3O.2C7H8O3S/c3*1-18(21-8-16(25)24-11-14(19)4-15(24)7-20)5-12-9-23(10-13(12)6-18)17(26)22(2)3;1-11(12)4-8-6-14(7-9(8)5-11)10(15)13(2)3;2*1-6-2-4-7(5-3-6)11(8,9)10/h3*12-15,21H,4-6,8-11H2,1-3H3;8-9H,4-7,12H2,1-3H3;2*2-5H,1H3,(H,8,9,10)/t3*12-,13+,14-,15-,18?;8-,9+,11?;;/m000.../s1. The van der Waals surface area contributed by atoms with Crippen LogP contribution in [0.3, 0.4) is 0 Å². The molecule has 31 nitrogen and oxygen atoms in total. The van der Waals surface area contributed by atoms with Crippen LogP contribution in [0.2, 0.25) is 0 Å². The molecule has 7 heterocycles. The number of amides is 11. The van der Waals surface area contributed by atoms with Crippen LogP contribution < -0.4 is 21.7 Å². The highest BCUT2D eigenvalue weighted by Gasteiger charge is 2.52. The summed E-state index contributed by atoms with van der Waals surface area (Å²) in [6.07, 6.45) is 4.62. The van der Waals surface area contributed by atoms with Crippen molar-refractivity contribution < 1.29 is 72.7 Å². The molecule has 7 saturated heterocycles. The van der Waals surface area contributed by atoms with Crippen molar-refractivity contribution >= 4 is 62.1 Å². The number of nitrogens with zero attached hydrogens (tertiary/aromatic N) is 14. The highest BCUT2D eigenvalue weighted by molar-refractivity contribution is 7.86. The van der Waals surface area contributed by atoms with Crippen molar-refractivity contribution in [1.82, 2.24) is 69.8 Å². The Kier molecular flexibility index (Phi) is 30.6. The summed E-state index contributed by atoms with van der Waals surface area (Å²) in [4.78, 5) is 103. The van der Waals surface area contributed by atoms with E-state index in [1.54, 1.807) is 86.2 Å². The van der Waals surface area contributed by atoms with Crippen LogP contribution in [0, 0.1) is 95.2 Å². The molecule has 11 aliphatic rings. The molecule has 4 saturated carbocycles. The van der Waals surface area contributed by atoms with Gasteiger partial charge in [0.2, 0.25) is 17.7 Å². The summed E-state index contributed by atoms with van der Waals surface area (Å²) in [5.74, 6) is 3.30. The number of aryl methyl sites for hydroxylation is 2. The number of nitrogens with one attached hydrogen (secondary N) is 3. The molecule has 0 bridgehead atoms. The van der Waals surface area contributed by atoms with Crippen LogP contribution in [0.15, 0.2) is 58.3 Å². The van der Waals surface area contributed by atoms with E-state index in [0.717, 1.165) is 115 Å². The van der Waals surface area contributed by atoms with E-state index in [1.807, 2.05) is 65.8 Å². The van der Waals surface area contributed by atoms with E-state index >= 15 is 0 Å². The molecule has 7 N–H and O–H groups in total. The normalized spacial score (nSPS) is 31.8. The number of nitrogens with two attached hydrogens (primary N) is 1. The van der Waals surface area contributed by atoms with E-state index in [0.29, 0.717) is 47.3 Å². The number of fused-ring (bicyclic) bond motifs is 4. The molecule has 0 radical (unpaired) electrons. The average molecular weight is 1650 g/mol. The summed E-state index contributed by atoms with van der Waals surface area (Å²) in [7, 11) is 6.18. The zero-order valence-corrected chi connectivity index (χ0v) is 70.7. The number of likely N-dealkylation sites (tertiary alicyclic amines) is 7. The van der Waals surface area contributed by atoms with Gasteiger partial charge >= 0.3 is 24.1 Å². The van der Waals surface area contributed by atoms with Gasteiger partial charge in [0.1, 0.15) is 36.6 Å². The number of rotatable bonds is 11. The van der Waals surface area contributed by atoms with Crippen LogP contribution in [0.25, 0.3) is 0 Å². The monoisotopic (exact) mass is 1650 g/mol. The first kappa shape index (κ1) is 92.4. The third-order valence-corrected chi connectivity index (χ3v) is 26.2. The average Bonchev–Trinajstić information content (AvgIpc) is 1.64. The Morgan fingerprint density at radius 1 is 0.409 bits per heavy atom. The van der Waals surface area contributed by atoms with E-state index in [9.17, 15) is 63.6 Å². The van der Waals surface area contributed by atoms with E-state index in [1.165, 1.54) is 39.0 Å². The molecule has 18 atom stereocenters. The van der Waals surface area contributed by atoms with Gasteiger partial charge in [-0.3, -0.25) is 23.5 Å². The van der Waals surface area contributed by atoms with Crippen molar-refractivity contribution in [3.63, 3.8) is 0 Å². The number of carbonyl (C=O) groups excluding carboxylic acids is 7. The molecular formula is C79H121F3N18O13S2. The summed E-state index contributed by atoms with van der Waals surface area (Å²) in [6.45, 7) is 18.9. The summed E-state index contributed by atoms with van der Waals surface area (Å²) in [6, 6.07) is 16.4. The molecule has 7 aliphatic heterocycles. The smallest absolute Gasteiger partial charge is 0.319 e. The van der Waals surface area contributed by atoms with Gasteiger partial charge in [-0.05, 0) is 165 Å². The highest BCUT2D eigenvalue weighted by Crippen LogP contribution is 2.47. The van der Waals surface area contributed by atoms with Crippen molar-refractivity contribution in [3.8, 4) is 18.2 Å². The molecule has 0 aromatic heterocycles. The predicted molar refractivity (Wildman–Crippen MR) is 423 cm³/mol. The Morgan fingerprint density at radius 3 is 0.791 bits per heavy atom. The maximum absolute atomic E-state index is 13.5. The number of carbonyl (C=O) groups is 7. The minimum absolute atomic E-state index is 0.00257. The van der Waals surface area contributed by atoms with E-state index in [2.05, 4.69) is 43.6 Å². The van der Waals surface area contributed by atoms with Gasteiger partial charge in [-0.1, -0.05) is 35.4 Å². The fourth-order valence-corrected chi connectivity index (χ4v) is 19.9. The van der Waals surface area contributed by atoms with E-state index < -0.39 is 56.9 Å². The Morgan fingerprint density at radius 2 is 0.609 bits per heavy atom. The molecule has 4 unspecified atom stereocenters.